The number of carbonyl (C=O) groups excluding carboxylic acids is 4. The Morgan fingerprint density at radius 1 is 0.886 bits per heavy atom. The van der Waals surface area contributed by atoms with Crippen LogP contribution in [0.3, 0.4) is 0 Å². The highest BCUT2D eigenvalue weighted by molar-refractivity contribution is 8.16. The number of carbonyl (C=O) groups is 4. The van der Waals surface area contributed by atoms with Crippen molar-refractivity contribution in [2.75, 3.05) is 6.61 Å². The fourth-order valence-electron chi connectivity index (χ4n) is 3.49. The predicted octanol–water partition coefficient (Wildman–Crippen LogP) is 4.10. The van der Waals surface area contributed by atoms with Crippen molar-refractivity contribution < 1.29 is 33.0 Å². The molecular formula is C26H20FNO6S. The van der Waals surface area contributed by atoms with Gasteiger partial charge in [-0.2, -0.15) is 0 Å². The number of ether oxygens (including phenoxy) is 2. The number of amides is 2. The van der Waals surface area contributed by atoms with Crippen LogP contribution in [0.1, 0.15) is 21.5 Å². The first kappa shape index (κ1) is 24.2. The molecular weight excluding hydrogens is 473 g/mol. The summed E-state index contributed by atoms with van der Waals surface area (Å²) in [5.41, 5.74) is 1.26. The molecule has 7 nitrogen and oxygen atoms in total. The molecule has 0 aromatic heterocycles. The van der Waals surface area contributed by atoms with Crippen LogP contribution in [-0.2, 0) is 27.4 Å². The number of hydrogen-bond donors (Lipinski definition) is 1. The van der Waals surface area contributed by atoms with E-state index < -0.39 is 33.5 Å². The molecule has 1 saturated heterocycles. The molecule has 1 aliphatic heterocycles. The Kier molecular flexibility index (Phi) is 7.26. The predicted molar refractivity (Wildman–Crippen MR) is 126 cm³/mol. The third-order valence-electron chi connectivity index (χ3n) is 5.31. The first-order chi connectivity index (χ1) is 16.9. The molecule has 0 spiro atoms. The molecule has 1 atom stereocenters. The topological polar surface area (TPSA) is 98.8 Å². The highest BCUT2D eigenvalue weighted by Gasteiger charge is 2.55. The molecule has 1 heterocycles. The van der Waals surface area contributed by atoms with Crippen LogP contribution in [0.4, 0.5) is 9.18 Å². The fraction of sp³-hybridized carbons (Fsp3) is 0.154. The molecule has 3 aromatic carbocycles. The smallest absolute Gasteiger partial charge is 0.333 e. The lowest BCUT2D eigenvalue weighted by molar-refractivity contribution is -0.150. The summed E-state index contributed by atoms with van der Waals surface area (Å²) >= 11 is 0.591. The zero-order valence-corrected chi connectivity index (χ0v) is 19.2. The average Bonchev–Trinajstić information content (AvgIpc) is 3.16. The minimum atomic E-state index is -1.75. The second-order valence-electron chi connectivity index (χ2n) is 7.74. The molecule has 2 amide bonds. The largest absolute Gasteiger partial charge is 0.485 e. The van der Waals surface area contributed by atoms with Gasteiger partial charge in [0, 0.05) is 6.42 Å². The van der Waals surface area contributed by atoms with Gasteiger partial charge in [0.15, 0.2) is 6.61 Å². The van der Waals surface area contributed by atoms with E-state index in [1.165, 1.54) is 18.2 Å². The SMILES string of the molecule is O=C1NC(=O)[C@@](Cc2ccc(OCC(=O)c3ccccc3F)cc2)(C(=O)OCc2ccccc2)S1. The minimum Gasteiger partial charge on any atom is -0.485 e. The van der Waals surface area contributed by atoms with E-state index in [1.807, 2.05) is 6.07 Å². The van der Waals surface area contributed by atoms with Gasteiger partial charge in [-0.05, 0) is 47.2 Å². The Labute approximate surface area is 204 Å². The van der Waals surface area contributed by atoms with Gasteiger partial charge < -0.3 is 9.47 Å². The van der Waals surface area contributed by atoms with Crippen LogP contribution >= 0.6 is 11.8 Å². The Bertz CT molecular complexity index is 1260. The summed E-state index contributed by atoms with van der Waals surface area (Å²) in [5.74, 6) is -2.33. The maximum absolute atomic E-state index is 13.8. The second kappa shape index (κ2) is 10.5. The van der Waals surface area contributed by atoms with Crippen molar-refractivity contribution in [3.8, 4) is 5.75 Å². The van der Waals surface area contributed by atoms with E-state index >= 15 is 0 Å². The van der Waals surface area contributed by atoms with Crippen molar-refractivity contribution >= 4 is 34.7 Å². The number of halogens is 1. The summed E-state index contributed by atoms with van der Waals surface area (Å²) in [5, 5.41) is 1.54. The third-order valence-corrected chi connectivity index (χ3v) is 6.44. The number of nitrogens with one attached hydrogen (secondary N) is 1. The molecule has 1 N–H and O–H groups in total. The van der Waals surface area contributed by atoms with Gasteiger partial charge in [0.1, 0.15) is 18.2 Å². The van der Waals surface area contributed by atoms with Crippen molar-refractivity contribution in [1.82, 2.24) is 5.32 Å². The lowest BCUT2D eigenvalue weighted by Crippen LogP contribution is -2.46. The van der Waals surface area contributed by atoms with Crippen LogP contribution in [0.25, 0.3) is 0 Å². The molecule has 4 rings (SSSR count). The van der Waals surface area contributed by atoms with Crippen LogP contribution in [0, 0.1) is 5.82 Å². The molecule has 1 fully saturated rings. The van der Waals surface area contributed by atoms with Gasteiger partial charge in [0.05, 0.1) is 5.56 Å². The van der Waals surface area contributed by atoms with Crippen molar-refractivity contribution in [2.45, 2.75) is 17.8 Å². The number of thioether (sulfide) groups is 1. The van der Waals surface area contributed by atoms with Crippen molar-refractivity contribution in [3.63, 3.8) is 0 Å². The molecule has 35 heavy (non-hydrogen) atoms. The standard InChI is InChI=1S/C26H20FNO6S/c27-21-9-5-4-8-20(21)22(29)16-33-19-12-10-17(11-13-19)14-26(23(30)28-25(32)35-26)24(31)34-15-18-6-2-1-3-7-18/h1-13H,14-16H2,(H,28,30,32)/t26-/m0/s1. The number of ketones is 1. The summed E-state index contributed by atoms with van der Waals surface area (Å²) < 4.78 is 22.8. The van der Waals surface area contributed by atoms with Crippen LogP contribution in [0.2, 0.25) is 0 Å². The Morgan fingerprint density at radius 3 is 2.23 bits per heavy atom. The number of rotatable bonds is 9. The van der Waals surface area contributed by atoms with E-state index in [0.29, 0.717) is 23.1 Å². The maximum Gasteiger partial charge on any atom is 0.333 e. The molecule has 0 aliphatic carbocycles. The van der Waals surface area contributed by atoms with Crippen LogP contribution in [0.15, 0.2) is 78.9 Å². The first-order valence-corrected chi connectivity index (χ1v) is 11.4. The van der Waals surface area contributed by atoms with E-state index in [-0.39, 0.29) is 25.2 Å². The average molecular weight is 494 g/mol. The van der Waals surface area contributed by atoms with Crippen LogP contribution in [0.5, 0.6) is 5.75 Å². The highest BCUT2D eigenvalue weighted by Crippen LogP contribution is 2.37. The van der Waals surface area contributed by atoms with E-state index in [0.717, 1.165) is 5.56 Å². The van der Waals surface area contributed by atoms with Gasteiger partial charge >= 0.3 is 5.97 Å². The summed E-state index contributed by atoms with van der Waals surface area (Å²) in [4.78, 5) is 49.7. The van der Waals surface area contributed by atoms with E-state index in [4.69, 9.17) is 9.47 Å². The van der Waals surface area contributed by atoms with Gasteiger partial charge in [-0.3, -0.25) is 19.7 Å². The Morgan fingerprint density at radius 2 is 1.57 bits per heavy atom. The molecule has 0 saturated carbocycles. The van der Waals surface area contributed by atoms with E-state index in [1.54, 1.807) is 54.6 Å². The van der Waals surface area contributed by atoms with Gasteiger partial charge in [-0.1, -0.05) is 54.6 Å². The van der Waals surface area contributed by atoms with Gasteiger partial charge in [-0.15, -0.1) is 0 Å². The first-order valence-electron chi connectivity index (χ1n) is 10.6. The summed E-state index contributed by atoms with van der Waals surface area (Å²) in [7, 11) is 0. The number of Topliss-reactive ketones (excluding diaryl/α,β-unsaturated/α-hetero) is 1. The Hall–Kier alpha value is -3.98. The van der Waals surface area contributed by atoms with Gasteiger partial charge in [0.2, 0.25) is 10.5 Å². The molecule has 3 aromatic rings. The van der Waals surface area contributed by atoms with Crippen molar-refractivity contribution in [1.29, 1.82) is 0 Å². The van der Waals surface area contributed by atoms with Crippen LogP contribution < -0.4 is 10.1 Å². The van der Waals surface area contributed by atoms with Gasteiger partial charge in [0.25, 0.3) is 11.1 Å². The zero-order chi connectivity index (χ0) is 24.8. The number of hydrogen-bond acceptors (Lipinski definition) is 7. The van der Waals surface area contributed by atoms with Crippen molar-refractivity contribution in [2.24, 2.45) is 0 Å². The van der Waals surface area contributed by atoms with E-state index in [2.05, 4.69) is 5.32 Å². The van der Waals surface area contributed by atoms with Crippen molar-refractivity contribution in [3.05, 3.63) is 101 Å². The fourth-order valence-corrected chi connectivity index (χ4v) is 4.48. The quantitative estimate of drug-likeness (QED) is 0.272. The second-order valence-corrected chi connectivity index (χ2v) is 9.02. The number of esters is 1. The summed E-state index contributed by atoms with van der Waals surface area (Å²) in [6, 6.07) is 21.0. The molecule has 0 unspecified atom stereocenters. The third kappa shape index (κ3) is 5.58. The Balaban J connectivity index is 1.42. The van der Waals surface area contributed by atoms with E-state index in [9.17, 15) is 23.6 Å². The molecule has 0 radical (unpaired) electrons. The lowest BCUT2D eigenvalue weighted by Gasteiger charge is -2.22. The zero-order valence-electron chi connectivity index (χ0n) is 18.4. The minimum absolute atomic E-state index is 0.0354. The molecule has 9 heteroatoms. The number of benzene rings is 3. The summed E-state index contributed by atoms with van der Waals surface area (Å²) in [6.45, 7) is -0.394. The summed E-state index contributed by atoms with van der Waals surface area (Å²) in [6.07, 6.45) is -0.0860. The molecule has 0 bridgehead atoms. The normalized spacial score (nSPS) is 17.1. The molecule has 1 aliphatic rings. The highest BCUT2D eigenvalue weighted by atomic mass is 32.2. The number of imide groups is 1. The maximum atomic E-state index is 13.8. The van der Waals surface area contributed by atoms with Crippen LogP contribution in [-0.4, -0.2) is 34.3 Å². The molecule has 178 valence electrons. The lowest BCUT2D eigenvalue weighted by atomic mass is 9.97. The monoisotopic (exact) mass is 493 g/mol. The van der Waals surface area contributed by atoms with Gasteiger partial charge in [-0.25, -0.2) is 9.18 Å².